The first-order valence-corrected chi connectivity index (χ1v) is 17.3. The molecule has 0 amide bonds. The zero-order valence-corrected chi connectivity index (χ0v) is 28.2. The first-order chi connectivity index (χ1) is 24.6. The van der Waals surface area contributed by atoms with E-state index in [9.17, 15) is 0 Å². The number of anilines is 3. The summed E-state index contributed by atoms with van der Waals surface area (Å²) < 4.78 is 2.42. The molecule has 238 valence electrons. The van der Waals surface area contributed by atoms with E-state index in [4.69, 9.17) is 0 Å². The molecular weight excluding hydrogens is 605 g/mol. The first kappa shape index (κ1) is 29.7. The van der Waals surface area contributed by atoms with Gasteiger partial charge in [-0.1, -0.05) is 133 Å². The molecule has 0 aliphatic carbocycles. The Balaban J connectivity index is 1.22. The average Bonchev–Trinajstić information content (AvgIpc) is 3.51. The van der Waals surface area contributed by atoms with Gasteiger partial charge in [0.25, 0.3) is 0 Å². The van der Waals surface area contributed by atoms with Gasteiger partial charge in [-0.2, -0.15) is 0 Å². The van der Waals surface area contributed by atoms with Gasteiger partial charge in [0.15, 0.2) is 0 Å². The molecule has 2 heteroatoms. The van der Waals surface area contributed by atoms with E-state index in [0.717, 1.165) is 22.7 Å². The Morgan fingerprint density at radius 2 is 1.02 bits per heavy atom. The fourth-order valence-electron chi connectivity index (χ4n) is 7.56. The summed E-state index contributed by atoms with van der Waals surface area (Å²) in [7, 11) is 0. The molecule has 9 rings (SSSR count). The van der Waals surface area contributed by atoms with E-state index in [1.807, 2.05) is 0 Å². The summed E-state index contributed by atoms with van der Waals surface area (Å²) in [6.07, 6.45) is 0. The van der Waals surface area contributed by atoms with Crippen molar-refractivity contribution in [3.8, 4) is 27.9 Å². The number of rotatable bonds is 6. The van der Waals surface area contributed by atoms with Crippen molar-refractivity contribution in [2.75, 3.05) is 4.90 Å². The molecular formula is C48H36N2. The third kappa shape index (κ3) is 5.05. The van der Waals surface area contributed by atoms with Gasteiger partial charge in [-0.3, -0.25) is 0 Å². The zero-order chi connectivity index (χ0) is 33.6. The fourth-order valence-corrected chi connectivity index (χ4v) is 7.56. The van der Waals surface area contributed by atoms with Gasteiger partial charge < -0.3 is 9.47 Å². The van der Waals surface area contributed by atoms with Crippen LogP contribution in [0.5, 0.6) is 0 Å². The van der Waals surface area contributed by atoms with Crippen molar-refractivity contribution in [3.05, 3.63) is 193 Å². The minimum absolute atomic E-state index is 1.12. The number of aromatic nitrogens is 1. The number of hydrogen-bond donors (Lipinski definition) is 0. The van der Waals surface area contributed by atoms with Crippen LogP contribution in [0.25, 0.3) is 60.5 Å². The Morgan fingerprint density at radius 1 is 0.420 bits per heavy atom. The molecule has 1 aromatic heterocycles. The van der Waals surface area contributed by atoms with Gasteiger partial charge in [0.05, 0.1) is 16.7 Å². The van der Waals surface area contributed by atoms with Crippen LogP contribution >= 0.6 is 0 Å². The molecule has 0 aliphatic heterocycles. The summed E-state index contributed by atoms with van der Waals surface area (Å²) in [6.45, 7) is 4.35. The molecule has 0 aliphatic rings. The third-order valence-electron chi connectivity index (χ3n) is 9.99. The lowest BCUT2D eigenvalue weighted by Gasteiger charge is -2.27. The van der Waals surface area contributed by atoms with Crippen LogP contribution in [-0.4, -0.2) is 4.57 Å². The highest BCUT2D eigenvalue weighted by molar-refractivity contribution is 6.16. The van der Waals surface area contributed by atoms with Crippen LogP contribution in [0, 0.1) is 13.8 Å². The van der Waals surface area contributed by atoms with E-state index >= 15 is 0 Å². The fraction of sp³-hybridized carbons (Fsp3) is 0.0417. The van der Waals surface area contributed by atoms with Crippen LogP contribution in [0.15, 0.2) is 182 Å². The topological polar surface area (TPSA) is 8.17 Å². The lowest BCUT2D eigenvalue weighted by molar-refractivity contribution is 1.18. The second-order valence-electron chi connectivity index (χ2n) is 13.1. The average molecular weight is 641 g/mol. The first-order valence-electron chi connectivity index (χ1n) is 17.3. The van der Waals surface area contributed by atoms with Crippen molar-refractivity contribution < 1.29 is 0 Å². The predicted octanol–water partition coefficient (Wildman–Crippen LogP) is 13.4. The summed E-state index contributed by atoms with van der Waals surface area (Å²) in [6, 6.07) is 66.1. The molecule has 9 aromatic rings. The Kier molecular flexibility index (Phi) is 7.29. The van der Waals surface area contributed by atoms with Crippen molar-refractivity contribution >= 4 is 49.6 Å². The highest BCUT2D eigenvalue weighted by Crippen LogP contribution is 2.44. The molecule has 8 aromatic carbocycles. The van der Waals surface area contributed by atoms with Gasteiger partial charge in [-0.15, -0.1) is 0 Å². The number of fused-ring (bicyclic) bond motifs is 4. The van der Waals surface area contributed by atoms with Gasteiger partial charge >= 0.3 is 0 Å². The van der Waals surface area contributed by atoms with E-state index in [2.05, 4.69) is 205 Å². The molecule has 0 saturated heterocycles. The highest BCUT2D eigenvalue weighted by Gasteiger charge is 2.21. The van der Waals surface area contributed by atoms with Crippen molar-refractivity contribution in [2.24, 2.45) is 0 Å². The molecule has 0 unspecified atom stereocenters. The molecule has 0 atom stereocenters. The molecule has 2 nitrogen and oxygen atoms in total. The van der Waals surface area contributed by atoms with E-state index in [1.54, 1.807) is 0 Å². The highest BCUT2D eigenvalue weighted by atomic mass is 15.1. The molecule has 1 heterocycles. The Hall–Kier alpha value is -6.38. The molecule has 0 bridgehead atoms. The summed E-state index contributed by atoms with van der Waals surface area (Å²) in [5, 5.41) is 5.00. The Morgan fingerprint density at radius 3 is 1.78 bits per heavy atom. The van der Waals surface area contributed by atoms with Crippen molar-refractivity contribution in [1.29, 1.82) is 0 Å². The number of nitrogens with zero attached hydrogens (tertiary/aromatic N) is 2. The number of hydrogen-bond acceptors (Lipinski definition) is 1. The van der Waals surface area contributed by atoms with Crippen molar-refractivity contribution in [1.82, 2.24) is 4.57 Å². The molecule has 0 saturated carbocycles. The minimum atomic E-state index is 1.12. The van der Waals surface area contributed by atoms with Crippen molar-refractivity contribution in [2.45, 2.75) is 13.8 Å². The van der Waals surface area contributed by atoms with Crippen LogP contribution in [0.2, 0.25) is 0 Å². The van der Waals surface area contributed by atoms with Gasteiger partial charge in [0.1, 0.15) is 0 Å². The van der Waals surface area contributed by atoms with Crippen LogP contribution < -0.4 is 4.90 Å². The van der Waals surface area contributed by atoms with E-state index < -0.39 is 0 Å². The lowest BCUT2D eigenvalue weighted by Crippen LogP contribution is -2.10. The van der Waals surface area contributed by atoms with Gasteiger partial charge in [0.2, 0.25) is 0 Å². The van der Waals surface area contributed by atoms with Crippen molar-refractivity contribution in [3.63, 3.8) is 0 Å². The number of aryl methyl sites for hydroxylation is 2. The van der Waals surface area contributed by atoms with E-state index in [0.29, 0.717) is 0 Å². The smallest absolute Gasteiger partial charge is 0.0562 e. The largest absolute Gasteiger partial charge is 0.310 e. The maximum absolute atomic E-state index is 2.42. The van der Waals surface area contributed by atoms with Gasteiger partial charge in [0, 0.05) is 27.8 Å². The molecule has 0 radical (unpaired) electrons. The minimum Gasteiger partial charge on any atom is -0.310 e. The monoisotopic (exact) mass is 640 g/mol. The van der Waals surface area contributed by atoms with Crippen LogP contribution in [0.1, 0.15) is 11.1 Å². The summed E-state index contributed by atoms with van der Waals surface area (Å²) in [5.74, 6) is 0. The second kappa shape index (κ2) is 12.3. The summed E-state index contributed by atoms with van der Waals surface area (Å²) >= 11 is 0. The molecule has 0 fully saturated rings. The van der Waals surface area contributed by atoms with E-state index in [1.165, 1.54) is 66.0 Å². The van der Waals surface area contributed by atoms with Gasteiger partial charge in [-0.05, 0) is 107 Å². The van der Waals surface area contributed by atoms with Crippen LogP contribution in [0.3, 0.4) is 0 Å². The molecule has 0 N–H and O–H groups in total. The normalized spacial score (nSPS) is 11.4. The number of benzene rings is 8. The lowest BCUT2D eigenvalue weighted by atomic mass is 9.94. The maximum atomic E-state index is 2.42. The quantitative estimate of drug-likeness (QED) is 0.176. The molecule has 0 spiro atoms. The Labute approximate surface area is 293 Å². The molecule has 50 heavy (non-hydrogen) atoms. The SMILES string of the molecule is Cc1ccc(N(c2ccc(-c3ccccc3)cc2)c2cccc3c2c2ccccc2n3-c2ccc(-c3c(C)ccc4ccccc34)cc2)cc1. The standard InChI is InChI=1S/C48H36N2/c1-33-19-27-39(28-20-33)49(40-29-23-36(24-30-40)35-11-4-3-5-12-35)45-17-10-18-46-48(45)43-15-8-9-16-44(43)50(46)41-31-25-38(26-32-41)47-34(2)21-22-37-13-6-7-14-42(37)47/h3-32H,1-2H3. The number of para-hydroxylation sites is 1. The van der Waals surface area contributed by atoms with Gasteiger partial charge in [-0.25, -0.2) is 0 Å². The van der Waals surface area contributed by atoms with Crippen LogP contribution in [-0.2, 0) is 0 Å². The summed E-state index contributed by atoms with van der Waals surface area (Å²) in [5.41, 5.74) is 14.4. The predicted molar refractivity (Wildman–Crippen MR) is 213 cm³/mol. The van der Waals surface area contributed by atoms with E-state index in [-0.39, 0.29) is 0 Å². The maximum Gasteiger partial charge on any atom is 0.0562 e. The third-order valence-corrected chi connectivity index (χ3v) is 9.99. The summed E-state index contributed by atoms with van der Waals surface area (Å²) in [4.78, 5) is 2.40. The Bertz CT molecular complexity index is 2630. The second-order valence-corrected chi connectivity index (χ2v) is 13.1. The zero-order valence-electron chi connectivity index (χ0n) is 28.2. The van der Waals surface area contributed by atoms with Crippen LogP contribution in [0.4, 0.5) is 17.1 Å².